The lowest BCUT2D eigenvalue weighted by atomic mass is 10.0. The summed E-state index contributed by atoms with van der Waals surface area (Å²) in [6, 6.07) is 7.17. The first-order valence-corrected chi connectivity index (χ1v) is 22.5. The predicted molar refractivity (Wildman–Crippen MR) is 227 cm³/mol. The molecular formula is C46H86N4O2. The van der Waals surface area contributed by atoms with Crippen molar-refractivity contribution in [1.82, 2.24) is 20.4 Å². The van der Waals surface area contributed by atoms with E-state index in [1.807, 2.05) is 12.1 Å². The summed E-state index contributed by atoms with van der Waals surface area (Å²) in [6.07, 6.45) is 38.5. The van der Waals surface area contributed by atoms with E-state index in [2.05, 4.69) is 48.4 Å². The zero-order valence-corrected chi connectivity index (χ0v) is 35.1. The lowest BCUT2D eigenvalue weighted by molar-refractivity contribution is 0.0915. The number of carbonyl (C=O) groups excluding carboxylic acids is 2. The average molecular weight is 727 g/mol. The van der Waals surface area contributed by atoms with Gasteiger partial charge in [-0.3, -0.25) is 9.59 Å². The van der Waals surface area contributed by atoms with Gasteiger partial charge in [0.05, 0.1) is 11.1 Å². The third kappa shape index (κ3) is 28.6. The van der Waals surface area contributed by atoms with Crippen LogP contribution in [0.1, 0.15) is 214 Å². The number of carbonyl (C=O) groups is 2. The maximum Gasteiger partial charge on any atom is 0.252 e. The van der Waals surface area contributed by atoms with E-state index >= 15 is 0 Å². The summed E-state index contributed by atoms with van der Waals surface area (Å²) in [5.74, 6) is -0.351. The van der Waals surface area contributed by atoms with Gasteiger partial charge in [-0.1, -0.05) is 193 Å². The summed E-state index contributed by atoms with van der Waals surface area (Å²) >= 11 is 0. The molecule has 0 aromatic heterocycles. The molecule has 1 aromatic rings. The Balaban J connectivity index is 2.08. The zero-order chi connectivity index (χ0) is 37.7. The Morgan fingerprint density at radius 2 is 0.654 bits per heavy atom. The smallest absolute Gasteiger partial charge is 0.252 e. The third-order valence-electron chi connectivity index (χ3n) is 10.8. The summed E-state index contributed by atoms with van der Waals surface area (Å²) in [5, 5.41) is 6.09. The monoisotopic (exact) mass is 727 g/mol. The van der Waals surface area contributed by atoms with E-state index in [4.69, 9.17) is 0 Å². The second-order valence-corrected chi connectivity index (χ2v) is 15.9. The van der Waals surface area contributed by atoms with Crippen molar-refractivity contribution < 1.29 is 9.59 Å². The molecule has 6 nitrogen and oxygen atoms in total. The van der Waals surface area contributed by atoms with Crippen LogP contribution in [0.5, 0.6) is 0 Å². The molecule has 0 heterocycles. The topological polar surface area (TPSA) is 64.7 Å². The SMILES string of the molecule is CCCCCCCCCCCCCCCCN(C)CCNC(=O)c1ccccc1C(=O)NCCN(C)CCCCCCCCCCCCCCCC. The van der Waals surface area contributed by atoms with Crippen LogP contribution in [0, 0.1) is 0 Å². The molecule has 0 atom stereocenters. The molecular weight excluding hydrogens is 641 g/mol. The third-order valence-corrected chi connectivity index (χ3v) is 10.8. The molecule has 0 bridgehead atoms. The summed E-state index contributed by atoms with van der Waals surface area (Å²) in [4.78, 5) is 30.6. The molecule has 0 aliphatic carbocycles. The van der Waals surface area contributed by atoms with Gasteiger partial charge in [-0.2, -0.15) is 0 Å². The molecule has 2 N–H and O–H groups in total. The Morgan fingerprint density at radius 1 is 0.404 bits per heavy atom. The highest BCUT2D eigenvalue weighted by atomic mass is 16.2. The fraction of sp³-hybridized carbons (Fsp3) is 0.826. The Morgan fingerprint density at radius 3 is 0.923 bits per heavy atom. The summed E-state index contributed by atoms with van der Waals surface area (Å²) in [7, 11) is 4.26. The van der Waals surface area contributed by atoms with Crippen molar-refractivity contribution in [3.63, 3.8) is 0 Å². The fourth-order valence-electron chi connectivity index (χ4n) is 7.17. The van der Waals surface area contributed by atoms with Crippen LogP contribution in [0.2, 0.25) is 0 Å². The van der Waals surface area contributed by atoms with Crippen LogP contribution in [0.4, 0.5) is 0 Å². The minimum atomic E-state index is -0.175. The molecule has 0 radical (unpaired) electrons. The van der Waals surface area contributed by atoms with Gasteiger partial charge >= 0.3 is 0 Å². The van der Waals surface area contributed by atoms with Gasteiger partial charge in [0.1, 0.15) is 0 Å². The molecule has 0 spiro atoms. The number of hydrogen-bond acceptors (Lipinski definition) is 4. The second kappa shape index (κ2) is 36.1. The normalized spacial score (nSPS) is 11.5. The van der Waals surface area contributed by atoms with Crippen molar-refractivity contribution in [3.05, 3.63) is 35.4 Å². The van der Waals surface area contributed by atoms with Crippen molar-refractivity contribution in [2.45, 2.75) is 194 Å². The van der Waals surface area contributed by atoms with Crippen LogP contribution >= 0.6 is 0 Å². The van der Waals surface area contributed by atoms with Crippen LogP contribution in [-0.2, 0) is 0 Å². The number of nitrogens with one attached hydrogen (secondary N) is 2. The minimum absolute atomic E-state index is 0.175. The molecule has 0 aliphatic rings. The van der Waals surface area contributed by atoms with Gasteiger partial charge in [0.15, 0.2) is 0 Å². The fourth-order valence-corrected chi connectivity index (χ4v) is 7.17. The van der Waals surface area contributed by atoms with Gasteiger partial charge in [0.25, 0.3) is 11.8 Å². The van der Waals surface area contributed by atoms with Crippen LogP contribution < -0.4 is 10.6 Å². The van der Waals surface area contributed by atoms with Gasteiger partial charge in [-0.15, -0.1) is 0 Å². The summed E-state index contributed by atoms with van der Waals surface area (Å²) in [5.41, 5.74) is 0.899. The predicted octanol–water partition coefficient (Wildman–Crippen LogP) is 12.0. The average Bonchev–Trinajstić information content (AvgIpc) is 3.15. The van der Waals surface area contributed by atoms with E-state index in [0.717, 1.165) is 26.2 Å². The number of benzene rings is 1. The highest BCUT2D eigenvalue weighted by molar-refractivity contribution is 6.07. The molecule has 1 rings (SSSR count). The number of rotatable bonds is 38. The summed E-state index contributed by atoms with van der Waals surface area (Å²) in [6.45, 7) is 9.46. The minimum Gasteiger partial charge on any atom is -0.351 e. The lowest BCUT2D eigenvalue weighted by Gasteiger charge is -2.18. The van der Waals surface area contributed by atoms with E-state index < -0.39 is 0 Å². The number of nitrogens with zero attached hydrogens (tertiary/aromatic N) is 2. The number of likely N-dealkylation sites (N-methyl/N-ethyl adjacent to an activating group) is 2. The maximum absolute atomic E-state index is 13.0. The number of unbranched alkanes of at least 4 members (excludes halogenated alkanes) is 26. The molecule has 302 valence electrons. The second-order valence-electron chi connectivity index (χ2n) is 15.9. The van der Waals surface area contributed by atoms with E-state index in [1.165, 1.54) is 180 Å². The van der Waals surface area contributed by atoms with Gasteiger partial charge in [0, 0.05) is 26.2 Å². The van der Waals surface area contributed by atoms with E-state index in [0.29, 0.717) is 24.2 Å². The molecule has 6 heteroatoms. The van der Waals surface area contributed by atoms with E-state index in [1.54, 1.807) is 12.1 Å². The van der Waals surface area contributed by atoms with Crippen LogP contribution in [-0.4, -0.2) is 75.0 Å². The van der Waals surface area contributed by atoms with Gasteiger partial charge in [-0.05, 0) is 52.2 Å². The lowest BCUT2D eigenvalue weighted by Crippen LogP contribution is -2.36. The van der Waals surface area contributed by atoms with Crippen LogP contribution in [0.25, 0.3) is 0 Å². The molecule has 0 fully saturated rings. The molecule has 0 saturated heterocycles. The van der Waals surface area contributed by atoms with Crippen molar-refractivity contribution in [1.29, 1.82) is 0 Å². The number of hydrogen-bond donors (Lipinski definition) is 2. The first-order chi connectivity index (χ1) is 25.5. The van der Waals surface area contributed by atoms with E-state index in [9.17, 15) is 9.59 Å². The molecule has 2 amide bonds. The molecule has 1 aromatic carbocycles. The standard InChI is InChI=1S/C46H86N4O2/c1-5-7-9-11-13-15-17-19-21-23-25-27-29-33-39-49(3)41-37-47-45(51)43-35-31-32-36-44(43)46(52)48-38-42-50(4)40-34-30-28-26-24-22-20-18-16-14-12-10-8-6-2/h31-32,35-36H,5-30,33-34,37-42H2,1-4H3,(H,47,51)(H,48,52). The van der Waals surface area contributed by atoms with Gasteiger partial charge in [-0.25, -0.2) is 0 Å². The summed E-state index contributed by atoms with van der Waals surface area (Å²) < 4.78 is 0. The zero-order valence-electron chi connectivity index (χ0n) is 35.1. The van der Waals surface area contributed by atoms with Crippen molar-refractivity contribution in [3.8, 4) is 0 Å². The maximum atomic E-state index is 13.0. The van der Waals surface area contributed by atoms with Crippen LogP contribution in [0.15, 0.2) is 24.3 Å². The van der Waals surface area contributed by atoms with Crippen molar-refractivity contribution >= 4 is 11.8 Å². The Bertz CT molecular complexity index is 879. The molecule has 0 unspecified atom stereocenters. The molecule has 0 saturated carbocycles. The molecule has 52 heavy (non-hydrogen) atoms. The Kier molecular flexibility index (Phi) is 33.4. The quantitative estimate of drug-likeness (QED) is 0.0666. The Hall–Kier alpha value is -1.92. The van der Waals surface area contributed by atoms with Crippen LogP contribution in [0.3, 0.4) is 0 Å². The first-order valence-electron chi connectivity index (χ1n) is 22.5. The van der Waals surface area contributed by atoms with Gasteiger partial charge in [0.2, 0.25) is 0 Å². The largest absolute Gasteiger partial charge is 0.351 e. The molecule has 0 aliphatic heterocycles. The van der Waals surface area contributed by atoms with Crippen molar-refractivity contribution in [2.75, 3.05) is 53.4 Å². The highest BCUT2D eigenvalue weighted by Crippen LogP contribution is 2.15. The van der Waals surface area contributed by atoms with Gasteiger partial charge < -0.3 is 20.4 Å². The Labute approximate surface area is 323 Å². The number of amides is 2. The first kappa shape index (κ1) is 48.1. The highest BCUT2D eigenvalue weighted by Gasteiger charge is 2.16. The van der Waals surface area contributed by atoms with Crippen molar-refractivity contribution in [2.24, 2.45) is 0 Å². The van der Waals surface area contributed by atoms with E-state index in [-0.39, 0.29) is 11.8 Å².